The van der Waals surface area contributed by atoms with E-state index in [1.54, 1.807) is 13.2 Å². The van der Waals surface area contributed by atoms with Crippen molar-refractivity contribution in [3.8, 4) is 5.75 Å². The minimum absolute atomic E-state index is 0.0346. The molecule has 0 saturated carbocycles. The number of nitrogens with one attached hydrogen (secondary N) is 2. The van der Waals surface area contributed by atoms with Gasteiger partial charge < -0.3 is 15.4 Å². The van der Waals surface area contributed by atoms with Gasteiger partial charge in [0.25, 0.3) is 5.91 Å². The lowest BCUT2D eigenvalue weighted by Crippen LogP contribution is -2.51. The first-order valence-corrected chi connectivity index (χ1v) is 11.1. The molecule has 0 spiro atoms. The summed E-state index contributed by atoms with van der Waals surface area (Å²) in [4.78, 5) is 28.0. The molecule has 2 atom stereocenters. The van der Waals surface area contributed by atoms with E-state index in [2.05, 4.69) is 15.5 Å². The van der Waals surface area contributed by atoms with Crippen LogP contribution in [0.5, 0.6) is 5.75 Å². The molecule has 1 heterocycles. The molecule has 2 aromatic carbocycles. The number of benzene rings is 2. The third kappa shape index (κ3) is 5.65. The van der Waals surface area contributed by atoms with Gasteiger partial charge in [-0.1, -0.05) is 44.2 Å². The van der Waals surface area contributed by atoms with Crippen molar-refractivity contribution in [2.45, 2.75) is 38.8 Å². The number of methoxy groups -OCH3 is 1. The predicted molar refractivity (Wildman–Crippen MR) is 122 cm³/mol. The molecule has 1 aliphatic rings. The van der Waals surface area contributed by atoms with Gasteiger partial charge in [-0.3, -0.25) is 14.5 Å². The molecular weight excluding hydrogens is 409 g/mol. The zero-order chi connectivity index (χ0) is 23.1. The number of rotatable bonds is 9. The number of ether oxygens (including phenoxy) is 1. The lowest BCUT2D eigenvalue weighted by Gasteiger charge is -2.30. The van der Waals surface area contributed by atoms with E-state index in [1.807, 2.05) is 38.1 Å². The Hall–Kier alpha value is -2.93. The normalized spacial score (nSPS) is 15.9. The summed E-state index contributed by atoms with van der Waals surface area (Å²) in [6, 6.07) is 12.8. The van der Waals surface area contributed by atoms with E-state index in [4.69, 9.17) is 4.74 Å². The standard InChI is InChI=1S/C25H32FN3O3/c1-17(2)23(28-24(30)18-10-4-6-12-20(18)26)25(31)27-16-21(29-14-8-9-15-29)19-11-5-7-13-22(19)32-3/h4-7,10-13,17,21,23H,8-9,14-16H2,1-3H3,(H,27,31)(H,28,30). The molecule has 1 saturated heterocycles. The minimum atomic E-state index is -0.779. The van der Waals surface area contributed by atoms with Gasteiger partial charge in [0.1, 0.15) is 17.6 Å². The van der Waals surface area contributed by atoms with Crippen molar-refractivity contribution in [3.05, 3.63) is 65.5 Å². The number of carbonyl (C=O) groups excluding carboxylic acids is 2. The molecule has 2 aromatic rings. The first kappa shape index (κ1) is 23.7. The van der Waals surface area contributed by atoms with Gasteiger partial charge in [-0.05, 0) is 50.0 Å². The molecule has 32 heavy (non-hydrogen) atoms. The summed E-state index contributed by atoms with van der Waals surface area (Å²) < 4.78 is 19.6. The average molecular weight is 442 g/mol. The summed E-state index contributed by atoms with van der Waals surface area (Å²) in [5.74, 6) is -0.881. The van der Waals surface area contributed by atoms with Crippen LogP contribution in [0.4, 0.5) is 4.39 Å². The maximum absolute atomic E-state index is 14.0. The van der Waals surface area contributed by atoms with Crippen molar-refractivity contribution in [3.63, 3.8) is 0 Å². The van der Waals surface area contributed by atoms with Crippen LogP contribution in [0.3, 0.4) is 0 Å². The Morgan fingerprint density at radius 3 is 2.38 bits per heavy atom. The van der Waals surface area contributed by atoms with Crippen LogP contribution in [0, 0.1) is 11.7 Å². The van der Waals surface area contributed by atoms with Crippen LogP contribution in [-0.4, -0.2) is 49.5 Å². The number of amides is 2. The highest BCUT2D eigenvalue weighted by Gasteiger charge is 2.29. The third-order valence-electron chi connectivity index (χ3n) is 5.90. The van der Waals surface area contributed by atoms with E-state index in [9.17, 15) is 14.0 Å². The molecule has 1 fully saturated rings. The number of halogens is 1. The Morgan fingerprint density at radius 1 is 1.06 bits per heavy atom. The highest BCUT2D eigenvalue weighted by atomic mass is 19.1. The molecule has 2 amide bonds. The number of hydrogen-bond acceptors (Lipinski definition) is 4. The first-order valence-electron chi connectivity index (χ1n) is 11.1. The van der Waals surface area contributed by atoms with E-state index in [1.165, 1.54) is 18.2 Å². The summed E-state index contributed by atoms with van der Waals surface area (Å²) in [6.45, 7) is 6.00. The van der Waals surface area contributed by atoms with Crippen molar-refractivity contribution in [1.29, 1.82) is 0 Å². The maximum atomic E-state index is 14.0. The van der Waals surface area contributed by atoms with Crippen molar-refractivity contribution >= 4 is 11.8 Å². The summed E-state index contributed by atoms with van der Waals surface area (Å²) in [5.41, 5.74) is 0.948. The van der Waals surface area contributed by atoms with Crippen LogP contribution in [0.15, 0.2) is 48.5 Å². The Morgan fingerprint density at radius 2 is 1.72 bits per heavy atom. The number of para-hydroxylation sites is 1. The van der Waals surface area contributed by atoms with Gasteiger partial charge in [0.05, 0.1) is 18.7 Å². The van der Waals surface area contributed by atoms with Crippen LogP contribution in [0.25, 0.3) is 0 Å². The average Bonchev–Trinajstić information content (AvgIpc) is 3.32. The molecule has 0 radical (unpaired) electrons. The lowest BCUT2D eigenvalue weighted by atomic mass is 10.0. The van der Waals surface area contributed by atoms with Gasteiger partial charge in [0.15, 0.2) is 0 Å². The predicted octanol–water partition coefficient (Wildman–Crippen LogP) is 3.54. The Balaban J connectivity index is 1.73. The van der Waals surface area contributed by atoms with E-state index in [0.29, 0.717) is 6.54 Å². The van der Waals surface area contributed by atoms with E-state index in [-0.39, 0.29) is 23.4 Å². The quantitative estimate of drug-likeness (QED) is 0.625. The molecule has 2 N–H and O–H groups in total. The van der Waals surface area contributed by atoms with Crippen LogP contribution < -0.4 is 15.4 Å². The first-order chi connectivity index (χ1) is 15.4. The van der Waals surface area contributed by atoms with Gasteiger partial charge in [-0.25, -0.2) is 4.39 Å². The second kappa shape index (κ2) is 11.1. The number of carbonyl (C=O) groups is 2. The molecule has 7 heteroatoms. The highest BCUT2D eigenvalue weighted by molar-refractivity contribution is 5.97. The second-order valence-electron chi connectivity index (χ2n) is 8.42. The SMILES string of the molecule is COc1ccccc1C(CNC(=O)C(NC(=O)c1ccccc1F)C(C)C)N1CCCC1. The lowest BCUT2D eigenvalue weighted by molar-refractivity contribution is -0.124. The molecule has 0 aliphatic carbocycles. The van der Waals surface area contributed by atoms with Gasteiger partial charge in [0.2, 0.25) is 5.91 Å². The third-order valence-corrected chi connectivity index (χ3v) is 5.90. The Kier molecular flexibility index (Phi) is 8.22. The summed E-state index contributed by atoms with van der Waals surface area (Å²) in [6.07, 6.45) is 2.24. The van der Waals surface area contributed by atoms with Gasteiger partial charge in [-0.15, -0.1) is 0 Å². The van der Waals surface area contributed by atoms with E-state index < -0.39 is 17.8 Å². The Bertz CT molecular complexity index is 928. The van der Waals surface area contributed by atoms with Crippen molar-refractivity contribution < 1.29 is 18.7 Å². The smallest absolute Gasteiger partial charge is 0.254 e. The zero-order valence-electron chi connectivity index (χ0n) is 18.9. The molecular formula is C25H32FN3O3. The topological polar surface area (TPSA) is 70.7 Å². The monoisotopic (exact) mass is 441 g/mol. The van der Waals surface area contributed by atoms with Crippen LogP contribution in [0.1, 0.15) is 48.7 Å². The summed E-state index contributed by atoms with van der Waals surface area (Å²) in [5, 5.41) is 5.72. The van der Waals surface area contributed by atoms with Gasteiger partial charge in [0, 0.05) is 12.1 Å². The summed E-state index contributed by atoms with van der Waals surface area (Å²) in [7, 11) is 1.64. The van der Waals surface area contributed by atoms with Crippen LogP contribution in [0.2, 0.25) is 0 Å². The van der Waals surface area contributed by atoms with Gasteiger partial charge >= 0.3 is 0 Å². The van der Waals surface area contributed by atoms with Crippen LogP contribution >= 0.6 is 0 Å². The fourth-order valence-electron chi connectivity index (χ4n) is 4.14. The fourth-order valence-corrected chi connectivity index (χ4v) is 4.14. The van der Waals surface area contributed by atoms with Gasteiger partial charge in [-0.2, -0.15) is 0 Å². The fraction of sp³-hybridized carbons (Fsp3) is 0.440. The molecule has 2 unspecified atom stereocenters. The van der Waals surface area contributed by atoms with Crippen molar-refractivity contribution in [1.82, 2.24) is 15.5 Å². The largest absolute Gasteiger partial charge is 0.496 e. The van der Waals surface area contributed by atoms with Crippen LogP contribution in [-0.2, 0) is 4.79 Å². The van der Waals surface area contributed by atoms with E-state index >= 15 is 0 Å². The Labute approximate surface area is 189 Å². The van der Waals surface area contributed by atoms with Crippen molar-refractivity contribution in [2.75, 3.05) is 26.7 Å². The molecule has 172 valence electrons. The second-order valence-corrected chi connectivity index (χ2v) is 8.42. The molecule has 3 rings (SSSR count). The van der Waals surface area contributed by atoms with Crippen molar-refractivity contribution in [2.24, 2.45) is 5.92 Å². The highest BCUT2D eigenvalue weighted by Crippen LogP contribution is 2.31. The molecule has 1 aliphatic heterocycles. The number of hydrogen-bond donors (Lipinski definition) is 2. The molecule has 6 nitrogen and oxygen atoms in total. The number of nitrogens with zero attached hydrogens (tertiary/aromatic N) is 1. The maximum Gasteiger partial charge on any atom is 0.254 e. The minimum Gasteiger partial charge on any atom is -0.496 e. The molecule has 0 bridgehead atoms. The number of likely N-dealkylation sites (tertiary alicyclic amines) is 1. The summed E-state index contributed by atoms with van der Waals surface area (Å²) >= 11 is 0. The zero-order valence-corrected chi connectivity index (χ0v) is 18.9. The molecule has 0 aromatic heterocycles. The van der Waals surface area contributed by atoms with E-state index in [0.717, 1.165) is 37.2 Å².